The molecule has 0 bridgehead atoms. The van der Waals surface area contributed by atoms with Gasteiger partial charge in [0.1, 0.15) is 5.75 Å². The summed E-state index contributed by atoms with van der Waals surface area (Å²) in [6.45, 7) is 1.88. The molecule has 1 heterocycles. The number of benzene rings is 3. The van der Waals surface area contributed by atoms with E-state index in [1.165, 1.54) is 0 Å². The van der Waals surface area contributed by atoms with Crippen LogP contribution in [0, 0.1) is 11.3 Å². The van der Waals surface area contributed by atoms with E-state index >= 15 is 0 Å². The van der Waals surface area contributed by atoms with Gasteiger partial charge in [-0.1, -0.05) is 24.3 Å². The molecule has 144 valence electrons. The Morgan fingerprint density at radius 1 is 1.00 bits per heavy atom. The monoisotopic (exact) mass is 386 g/mol. The predicted molar refractivity (Wildman–Crippen MR) is 108 cm³/mol. The Bertz CT molecular complexity index is 1070. The zero-order valence-corrected chi connectivity index (χ0v) is 15.7. The topological polar surface area (TPSA) is 80.6 Å². The average molecular weight is 386 g/mol. The molecule has 6 heteroatoms. The molecule has 29 heavy (non-hydrogen) atoms. The van der Waals surface area contributed by atoms with Crippen LogP contribution in [-0.2, 0) is 4.79 Å². The maximum atomic E-state index is 12.4. The molecule has 1 aliphatic rings. The minimum absolute atomic E-state index is 0.185. The van der Waals surface area contributed by atoms with Crippen LogP contribution in [0.4, 0.5) is 5.69 Å². The number of hydrogen-bond donors (Lipinski definition) is 1. The fourth-order valence-corrected chi connectivity index (χ4v) is 2.94. The summed E-state index contributed by atoms with van der Waals surface area (Å²) in [7, 11) is 0. The molecule has 0 spiro atoms. The maximum absolute atomic E-state index is 12.4. The SMILES string of the molecule is C[C@H](Oc1ccc(-c2ccc(C#N)cc2)cc1)C(=O)Nc1ccc2c(c1)OCO2. The van der Waals surface area contributed by atoms with Gasteiger partial charge in [0.25, 0.3) is 5.91 Å². The van der Waals surface area contributed by atoms with Gasteiger partial charge in [-0.25, -0.2) is 0 Å². The molecule has 6 nitrogen and oxygen atoms in total. The molecule has 0 aromatic heterocycles. The molecule has 1 aliphatic heterocycles. The zero-order valence-electron chi connectivity index (χ0n) is 15.7. The lowest BCUT2D eigenvalue weighted by atomic mass is 10.0. The van der Waals surface area contributed by atoms with E-state index in [9.17, 15) is 4.79 Å². The highest BCUT2D eigenvalue weighted by Gasteiger charge is 2.18. The minimum Gasteiger partial charge on any atom is -0.481 e. The zero-order chi connectivity index (χ0) is 20.2. The van der Waals surface area contributed by atoms with E-state index in [2.05, 4.69) is 11.4 Å². The standard InChI is InChI=1S/C23H18N2O4/c1-15(23(26)25-19-8-11-21-22(12-19)28-14-27-21)29-20-9-6-18(7-10-20)17-4-2-16(13-24)3-5-17/h2-12,15H,14H2,1H3,(H,25,26)/t15-/m0/s1. The van der Waals surface area contributed by atoms with Crippen molar-refractivity contribution in [3.63, 3.8) is 0 Å². The molecular formula is C23H18N2O4. The highest BCUT2D eigenvalue weighted by molar-refractivity contribution is 5.94. The number of anilines is 1. The second-order valence-corrected chi connectivity index (χ2v) is 6.53. The van der Waals surface area contributed by atoms with Gasteiger partial charge in [-0.05, 0) is 54.4 Å². The number of hydrogen-bond acceptors (Lipinski definition) is 5. The van der Waals surface area contributed by atoms with Crippen molar-refractivity contribution in [1.82, 2.24) is 0 Å². The van der Waals surface area contributed by atoms with Crippen LogP contribution >= 0.6 is 0 Å². The van der Waals surface area contributed by atoms with Crippen molar-refractivity contribution in [3.05, 3.63) is 72.3 Å². The van der Waals surface area contributed by atoms with Gasteiger partial charge < -0.3 is 19.5 Å². The summed E-state index contributed by atoms with van der Waals surface area (Å²) in [5.74, 6) is 1.60. The molecule has 1 amide bonds. The lowest BCUT2D eigenvalue weighted by molar-refractivity contribution is -0.122. The number of nitrogens with one attached hydrogen (secondary N) is 1. The van der Waals surface area contributed by atoms with Crippen molar-refractivity contribution in [2.24, 2.45) is 0 Å². The maximum Gasteiger partial charge on any atom is 0.265 e. The number of fused-ring (bicyclic) bond motifs is 1. The van der Waals surface area contributed by atoms with Crippen LogP contribution in [0.1, 0.15) is 12.5 Å². The quantitative estimate of drug-likeness (QED) is 0.705. The third-order valence-corrected chi connectivity index (χ3v) is 4.52. The fourth-order valence-electron chi connectivity index (χ4n) is 2.94. The number of rotatable bonds is 5. The first-order valence-electron chi connectivity index (χ1n) is 9.10. The van der Waals surface area contributed by atoms with Gasteiger partial charge in [0.05, 0.1) is 11.6 Å². The van der Waals surface area contributed by atoms with Crippen molar-refractivity contribution in [2.45, 2.75) is 13.0 Å². The van der Waals surface area contributed by atoms with E-state index < -0.39 is 6.10 Å². The van der Waals surface area contributed by atoms with Crippen molar-refractivity contribution in [1.29, 1.82) is 5.26 Å². The van der Waals surface area contributed by atoms with Gasteiger partial charge in [0.15, 0.2) is 17.6 Å². The van der Waals surface area contributed by atoms with E-state index in [1.807, 2.05) is 36.4 Å². The summed E-state index contributed by atoms with van der Waals surface area (Å²) < 4.78 is 16.3. The van der Waals surface area contributed by atoms with E-state index in [4.69, 9.17) is 19.5 Å². The number of carbonyl (C=O) groups is 1. The lowest BCUT2D eigenvalue weighted by Gasteiger charge is -2.15. The van der Waals surface area contributed by atoms with Crippen molar-refractivity contribution in [2.75, 3.05) is 12.1 Å². The third kappa shape index (κ3) is 4.14. The summed E-state index contributed by atoms with van der Waals surface area (Å²) in [6.07, 6.45) is -0.679. The van der Waals surface area contributed by atoms with E-state index in [-0.39, 0.29) is 12.7 Å². The Morgan fingerprint density at radius 2 is 1.66 bits per heavy atom. The first-order chi connectivity index (χ1) is 14.1. The van der Waals surface area contributed by atoms with Crippen molar-refractivity contribution < 1.29 is 19.0 Å². The molecule has 0 saturated carbocycles. The highest BCUT2D eigenvalue weighted by Crippen LogP contribution is 2.34. The van der Waals surface area contributed by atoms with Gasteiger partial charge in [-0.15, -0.1) is 0 Å². The second-order valence-electron chi connectivity index (χ2n) is 6.53. The highest BCUT2D eigenvalue weighted by atomic mass is 16.7. The summed E-state index contributed by atoms with van der Waals surface area (Å²) >= 11 is 0. The minimum atomic E-state index is -0.679. The lowest BCUT2D eigenvalue weighted by Crippen LogP contribution is -2.30. The summed E-state index contributed by atoms with van der Waals surface area (Å²) in [5, 5.41) is 11.7. The van der Waals surface area contributed by atoms with Gasteiger partial charge in [-0.3, -0.25) is 4.79 Å². The molecule has 3 aromatic rings. The molecule has 0 unspecified atom stereocenters. The predicted octanol–water partition coefficient (Wildman–Crippen LogP) is 4.36. The van der Waals surface area contributed by atoms with Gasteiger partial charge in [0.2, 0.25) is 6.79 Å². The van der Waals surface area contributed by atoms with Gasteiger partial charge in [-0.2, -0.15) is 5.26 Å². The van der Waals surface area contributed by atoms with Crippen molar-refractivity contribution >= 4 is 11.6 Å². The number of ether oxygens (including phenoxy) is 3. The van der Waals surface area contributed by atoms with E-state index in [0.717, 1.165) is 11.1 Å². The molecule has 0 saturated heterocycles. The van der Waals surface area contributed by atoms with Crippen molar-refractivity contribution in [3.8, 4) is 34.4 Å². The number of nitriles is 1. The Labute approximate surface area is 168 Å². The molecular weight excluding hydrogens is 368 g/mol. The first-order valence-corrected chi connectivity index (χ1v) is 9.10. The Balaban J connectivity index is 1.38. The van der Waals surface area contributed by atoms with Crippen LogP contribution in [0.15, 0.2) is 66.7 Å². The Hall–Kier alpha value is -3.98. The van der Waals surface area contributed by atoms with E-state index in [1.54, 1.807) is 37.3 Å². The Kier molecular flexibility index (Phi) is 5.04. The van der Waals surface area contributed by atoms with Gasteiger partial charge in [0, 0.05) is 11.8 Å². The normalized spacial score (nSPS) is 12.7. The average Bonchev–Trinajstić information content (AvgIpc) is 3.22. The molecule has 0 fully saturated rings. The summed E-state index contributed by atoms with van der Waals surface area (Å²) in [4.78, 5) is 12.4. The number of nitrogens with zero attached hydrogens (tertiary/aromatic N) is 1. The number of amides is 1. The smallest absolute Gasteiger partial charge is 0.265 e. The first kappa shape index (κ1) is 18.4. The molecule has 1 atom stereocenters. The summed E-state index contributed by atoms with van der Waals surface area (Å²) in [5.41, 5.74) is 3.24. The molecule has 0 radical (unpaired) electrons. The molecule has 4 rings (SSSR count). The Morgan fingerprint density at radius 3 is 2.34 bits per heavy atom. The molecule has 1 N–H and O–H groups in total. The second kappa shape index (κ2) is 7.95. The van der Waals surface area contributed by atoms with Crippen LogP contribution < -0.4 is 19.5 Å². The molecule has 3 aromatic carbocycles. The summed E-state index contributed by atoms with van der Waals surface area (Å²) in [6, 6.07) is 22.2. The van der Waals surface area contributed by atoms with Crippen LogP contribution in [0.3, 0.4) is 0 Å². The fraction of sp³-hybridized carbons (Fsp3) is 0.130. The largest absolute Gasteiger partial charge is 0.481 e. The van der Waals surface area contributed by atoms with Crippen LogP contribution in [-0.4, -0.2) is 18.8 Å². The number of carbonyl (C=O) groups excluding carboxylic acids is 1. The van der Waals surface area contributed by atoms with Crippen LogP contribution in [0.2, 0.25) is 0 Å². The van der Waals surface area contributed by atoms with Gasteiger partial charge >= 0.3 is 0 Å². The van der Waals surface area contributed by atoms with Crippen LogP contribution in [0.5, 0.6) is 17.2 Å². The third-order valence-electron chi connectivity index (χ3n) is 4.52. The van der Waals surface area contributed by atoms with E-state index in [0.29, 0.717) is 28.5 Å². The van der Waals surface area contributed by atoms with Crippen LogP contribution in [0.25, 0.3) is 11.1 Å². The molecule has 0 aliphatic carbocycles.